The van der Waals surface area contributed by atoms with Crippen LogP contribution in [0.2, 0.25) is 0 Å². The summed E-state index contributed by atoms with van der Waals surface area (Å²) in [5.41, 5.74) is 5.80. The van der Waals surface area contributed by atoms with Crippen LogP contribution in [0.4, 0.5) is 10.8 Å². The quantitative estimate of drug-likeness (QED) is 0.857. The SMILES string of the molecule is CC1(C)CC1Nc1snc(N)c1S(C)(=O)=O. The van der Waals surface area contributed by atoms with Crippen molar-refractivity contribution >= 4 is 32.2 Å². The van der Waals surface area contributed by atoms with E-state index in [1.54, 1.807) is 0 Å². The maximum atomic E-state index is 11.5. The Labute approximate surface area is 99.1 Å². The molecule has 2 rings (SSSR count). The van der Waals surface area contributed by atoms with Gasteiger partial charge >= 0.3 is 0 Å². The topological polar surface area (TPSA) is 85.1 Å². The highest BCUT2D eigenvalue weighted by Crippen LogP contribution is 2.48. The van der Waals surface area contributed by atoms with Gasteiger partial charge in [0.05, 0.1) is 0 Å². The fourth-order valence-corrected chi connectivity index (χ4v) is 3.72. The Kier molecular flexibility index (Phi) is 2.43. The molecule has 1 aliphatic carbocycles. The standard InChI is InChI=1S/C9H15N3O2S2/c1-9(2)4-5(9)11-8-6(16(3,13)14)7(10)12-15-8/h5,11H,4H2,1-3H3,(H2,10,12). The Morgan fingerprint density at radius 1 is 1.56 bits per heavy atom. The van der Waals surface area contributed by atoms with Crippen LogP contribution in [0.25, 0.3) is 0 Å². The summed E-state index contributed by atoms with van der Waals surface area (Å²) >= 11 is 1.11. The Bertz CT molecular complexity index is 519. The first-order valence-electron chi connectivity index (χ1n) is 4.93. The van der Waals surface area contributed by atoms with Gasteiger partial charge in [0.2, 0.25) is 0 Å². The molecule has 0 aliphatic heterocycles. The lowest BCUT2D eigenvalue weighted by atomic mass is 10.2. The van der Waals surface area contributed by atoms with Gasteiger partial charge in [0.1, 0.15) is 9.90 Å². The zero-order chi connectivity index (χ0) is 12.1. The maximum Gasteiger partial charge on any atom is 0.182 e. The third-order valence-corrected chi connectivity index (χ3v) is 4.94. The van der Waals surface area contributed by atoms with Crippen molar-refractivity contribution in [3.8, 4) is 0 Å². The molecule has 1 aromatic rings. The highest BCUT2D eigenvalue weighted by molar-refractivity contribution is 7.91. The summed E-state index contributed by atoms with van der Waals surface area (Å²) in [6.45, 7) is 4.27. The van der Waals surface area contributed by atoms with Crippen LogP contribution < -0.4 is 11.1 Å². The van der Waals surface area contributed by atoms with Crippen LogP contribution in [0.3, 0.4) is 0 Å². The number of aromatic nitrogens is 1. The Morgan fingerprint density at radius 2 is 2.12 bits per heavy atom. The lowest BCUT2D eigenvalue weighted by molar-refractivity contribution is 0.602. The van der Waals surface area contributed by atoms with E-state index >= 15 is 0 Å². The van der Waals surface area contributed by atoms with Crippen LogP contribution in [-0.2, 0) is 9.84 Å². The van der Waals surface area contributed by atoms with Crippen molar-refractivity contribution < 1.29 is 8.42 Å². The van der Waals surface area contributed by atoms with E-state index in [1.165, 1.54) is 0 Å². The zero-order valence-electron chi connectivity index (χ0n) is 9.44. The Hall–Kier alpha value is -0.820. The summed E-state index contributed by atoms with van der Waals surface area (Å²) in [5, 5.41) is 3.76. The third-order valence-electron chi connectivity index (χ3n) is 2.86. The molecule has 0 spiro atoms. The second-order valence-electron chi connectivity index (χ2n) is 4.89. The second kappa shape index (κ2) is 3.33. The van der Waals surface area contributed by atoms with E-state index in [0.717, 1.165) is 24.2 Å². The number of anilines is 2. The van der Waals surface area contributed by atoms with Crippen LogP contribution in [0, 0.1) is 5.41 Å². The predicted octanol–water partition coefficient (Wildman–Crippen LogP) is 1.34. The summed E-state index contributed by atoms with van der Waals surface area (Å²) in [6.07, 6.45) is 2.18. The van der Waals surface area contributed by atoms with Gasteiger partial charge in [-0.1, -0.05) is 13.8 Å². The van der Waals surface area contributed by atoms with Crippen molar-refractivity contribution in [3.63, 3.8) is 0 Å². The molecule has 1 heterocycles. The average molecular weight is 261 g/mol. The Balaban J connectivity index is 2.30. The largest absolute Gasteiger partial charge is 0.382 e. The van der Waals surface area contributed by atoms with Crippen LogP contribution >= 0.6 is 11.5 Å². The van der Waals surface area contributed by atoms with Gasteiger partial charge in [-0.3, -0.25) is 0 Å². The molecule has 7 heteroatoms. The Morgan fingerprint density at radius 3 is 2.56 bits per heavy atom. The predicted molar refractivity (Wildman–Crippen MR) is 65.4 cm³/mol. The summed E-state index contributed by atoms with van der Waals surface area (Å²) in [4.78, 5) is 0.139. The molecular formula is C9H15N3O2S2. The second-order valence-corrected chi connectivity index (χ2v) is 7.61. The number of nitrogen functional groups attached to an aromatic ring is 1. The molecule has 0 aromatic carbocycles. The average Bonchev–Trinajstić information content (AvgIpc) is 2.53. The van der Waals surface area contributed by atoms with Gasteiger partial charge in [0.25, 0.3) is 0 Å². The molecule has 90 valence electrons. The molecule has 1 aliphatic rings. The molecule has 0 radical (unpaired) electrons. The monoisotopic (exact) mass is 261 g/mol. The summed E-state index contributed by atoms with van der Waals surface area (Å²) in [6, 6.07) is 0.313. The van der Waals surface area contributed by atoms with E-state index < -0.39 is 9.84 Å². The van der Waals surface area contributed by atoms with E-state index in [1.807, 2.05) is 0 Å². The third kappa shape index (κ3) is 2.01. The highest BCUT2D eigenvalue weighted by atomic mass is 32.2. The normalized spacial score (nSPS) is 23.1. The van der Waals surface area contributed by atoms with E-state index in [2.05, 4.69) is 23.5 Å². The summed E-state index contributed by atoms with van der Waals surface area (Å²) < 4.78 is 27.0. The number of hydrogen-bond acceptors (Lipinski definition) is 6. The van der Waals surface area contributed by atoms with E-state index in [-0.39, 0.29) is 16.1 Å². The first-order valence-corrected chi connectivity index (χ1v) is 7.60. The number of nitrogens with zero attached hydrogens (tertiary/aromatic N) is 1. The number of rotatable bonds is 3. The number of hydrogen-bond donors (Lipinski definition) is 2. The van der Waals surface area contributed by atoms with E-state index in [9.17, 15) is 8.42 Å². The molecule has 0 saturated heterocycles. The number of nitrogens with one attached hydrogen (secondary N) is 1. The maximum absolute atomic E-state index is 11.5. The van der Waals surface area contributed by atoms with Gasteiger partial charge in [-0.05, 0) is 23.4 Å². The van der Waals surface area contributed by atoms with Crippen molar-refractivity contribution in [2.24, 2.45) is 5.41 Å². The van der Waals surface area contributed by atoms with Gasteiger partial charge in [-0.2, -0.15) is 4.37 Å². The minimum atomic E-state index is -3.32. The number of sulfone groups is 1. The number of nitrogens with two attached hydrogens (primary N) is 1. The van der Waals surface area contributed by atoms with Gasteiger partial charge in [-0.15, -0.1) is 0 Å². The van der Waals surface area contributed by atoms with E-state index in [4.69, 9.17) is 5.73 Å². The van der Waals surface area contributed by atoms with Crippen molar-refractivity contribution in [2.45, 2.75) is 31.2 Å². The van der Waals surface area contributed by atoms with Crippen LogP contribution in [0.15, 0.2) is 4.90 Å². The van der Waals surface area contributed by atoms with Crippen LogP contribution in [0.5, 0.6) is 0 Å². The first-order chi connectivity index (χ1) is 7.22. The van der Waals surface area contributed by atoms with Crippen molar-refractivity contribution in [1.82, 2.24) is 4.37 Å². The van der Waals surface area contributed by atoms with Crippen molar-refractivity contribution in [1.29, 1.82) is 0 Å². The van der Waals surface area contributed by atoms with Crippen molar-refractivity contribution in [3.05, 3.63) is 0 Å². The minimum absolute atomic E-state index is 0.0912. The highest BCUT2D eigenvalue weighted by Gasteiger charge is 2.46. The molecule has 1 aromatic heterocycles. The minimum Gasteiger partial charge on any atom is -0.382 e. The molecule has 16 heavy (non-hydrogen) atoms. The van der Waals surface area contributed by atoms with E-state index in [0.29, 0.717) is 11.0 Å². The fraction of sp³-hybridized carbons (Fsp3) is 0.667. The lowest BCUT2D eigenvalue weighted by Gasteiger charge is -2.07. The van der Waals surface area contributed by atoms with Crippen LogP contribution in [0.1, 0.15) is 20.3 Å². The molecule has 0 amide bonds. The van der Waals surface area contributed by atoms with Gasteiger partial charge < -0.3 is 11.1 Å². The molecule has 1 atom stereocenters. The molecule has 3 N–H and O–H groups in total. The lowest BCUT2D eigenvalue weighted by Crippen LogP contribution is -2.10. The van der Waals surface area contributed by atoms with Crippen molar-refractivity contribution in [2.75, 3.05) is 17.3 Å². The van der Waals surface area contributed by atoms with Gasteiger partial charge in [-0.25, -0.2) is 8.42 Å². The molecule has 1 saturated carbocycles. The summed E-state index contributed by atoms with van der Waals surface area (Å²) in [7, 11) is -3.32. The van der Waals surface area contributed by atoms with Gasteiger partial charge in [0, 0.05) is 12.3 Å². The molecule has 1 unspecified atom stereocenters. The molecular weight excluding hydrogens is 246 g/mol. The molecule has 1 fully saturated rings. The van der Waals surface area contributed by atoms with Crippen LogP contribution in [-0.4, -0.2) is 25.1 Å². The zero-order valence-corrected chi connectivity index (χ0v) is 11.1. The summed E-state index contributed by atoms with van der Waals surface area (Å²) in [5.74, 6) is 0.0912. The molecule has 0 bridgehead atoms. The fourth-order valence-electron chi connectivity index (χ4n) is 1.62. The smallest absolute Gasteiger partial charge is 0.182 e. The first kappa shape index (κ1) is 11.7. The van der Waals surface area contributed by atoms with Gasteiger partial charge in [0.15, 0.2) is 15.7 Å². The molecule has 5 nitrogen and oxygen atoms in total.